The van der Waals surface area contributed by atoms with Crippen molar-refractivity contribution in [3.05, 3.63) is 52.9 Å². The van der Waals surface area contributed by atoms with Crippen molar-refractivity contribution in [1.29, 1.82) is 0 Å². The van der Waals surface area contributed by atoms with Gasteiger partial charge in [0.1, 0.15) is 5.00 Å². The SMILES string of the molecule is CCOC(=O)c1ccsc1NC(=O)CCc1ccccc1. The first-order chi connectivity index (χ1) is 10.2. The summed E-state index contributed by atoms with van der Waals surface area (Å²) >= 11 is 1.32. The normalized spacial score (nSPS) is 10.1. The van der Waals surface area contributed by atoms with Crippen LogP contribution in [0.1, 0.15) is 29.3 Å². The Morgan fingerprint density at radius 3 is 2.67 bits per heavy atom. The summed E-state index contributed by atoms with van der Waals surface area (Å²) in [7, 11) is 0. The average Bonchev–Trinajstić information content (AvgIpc) is 2.95. The molecule has 110 valence electrons. The Bertz CT molecular complexity index is 607. The van der Waals surface area contributed by atoms with Crippen LogP contribution in [0.3, 0.4) is 0 Å². The zero-order chi connectivity index (χ0) is 15.1. The van der Waals surface area contributed by atoms with Crippen molar-refractivity contribution in [3.8, 4) is 0 Å². The zero-order valence-electron chi connectivity index (χ0n) is 11.8. The number of carbonyl (C=O) groups is 2. The molecule has 1 heterocycles. The topological polar surface area (TPSA) is 55.4 Å². The van der Waals surface area contributed by atoms with Gasteiger partial charge < -0.3 is 10.1 Å². The third-order valence-electron chi connectivity index (χ3n) is 2.90. The van der Waals surface area contributed by atoms with Gasteiger partial charge >= 0.3 is 5.97 Å². The Kier molecular flexibility index (Phi) is 5.51. The van der Waals surface area contributed by atoms with Crippen molar-refractivity contribution >= 4 is 28.2 Å². The molecule has 0 fully saturated rings. The Hall–Kier alpha value is -2.14. The van der Waals surface area contributed by atoms with Crippen LogP contribution in [0.25, 0.3) is 0 Å². The minimum Gasteiger partial charge on any atom is -0.462 e. The molecular weight excluding hydrogens is 286 g/mol. The van der Waals surface area contributed by atoms with Crippen LogP contribution in [0.2, 0.25) is 0 Å². The maximum atomic E-state index is 12.0. The van der Waals surface area contributed by atoms with Crippen LogP contribution >= 0.6 is 11.3 Å². The van der Waals surface area contributed by atoms with Gasteiger partial charge in [0.25, 0.3) is 0 Å². The number of carbonyl (C=O) groups excluding carboxylic acids is 2. The molecule has 0 aliphatic carbocycles. The molecule has 0 radical (unpaired) electrons. The maximum Gasteiger partial charge on any atom is 0.341 e. The fourth-order valence-electron chi connectivity index (χ4n) is 1.87. The van der Waals surface area contributed by atoms with Crippen LogP contribution in [0.15, 0.2) is 41.8 Å². The quantitative estimate of drug-likeness (QED) is 0.831. The highest BCUT2D eigenvalue weighted by Gasteiger charge is 2.15. The maximum absolute atomic E-state index is 12.0. The summed E-state index contributed by atoms with van der Waals surface area (Å²) in [6, 6.07) is 11.5. The van der Waals surface area contributed by atoms with Gasteiger partial charge in [-0.15, -0.1) is 11.3 Å². The fraction of sp³-hybridized carbons (Fsp3) is 0.250. The van der Waals surface area contributed by atoms with E-state index in [4.69, 9.17) is 4.74 Å². The predicted octanol–water partition coefficient (Wildman–Crippen LogP) is 3.50. The predicted molar refractivity (Wildman–Crippen MR) is 83.7 cm³/mol. The standard InChI is InChI=1S/C16H17NO3S/c1-2-20-16(19)13-10-11-21-15(13)17-14(18)9-8-12-6-4-3-5-7-12/h3-7,10-11H,2,8-9H2,1H3,(H,17,18). The molecule has 0 aliphatic heterocycles. The van der Waals surface area contributed by atoms with Gasteiger partial charge in [0, 0.05) is 6.42 Å². The van der Waals surface area contributed by atoms with Gasteiger partial charge in [0.2, 0.25) is 5.91 Å². The van der Waals surface area contributed by atoms with Crippen LogP contribution in [-0.4, -0.2) is 18.5 Å². The Labute approximate surface area is 127 Å². The van der Waals surface area contributed by atoms with E-state index in [0.29, 0.717) is 30.0 Å². The third-order valence-corrected chi connectivity index (χ3v) is 3.73. The molecule has 0 unspecified atom stereocenters. The number of hydrogen-bond acceptors (Lipinski definition) is 4. The second-order valence-electron chi connectivity index (χ2n) is 4.42. The second kappa shape index (κ2) is 7.59. The molecule has 1 amide bonds. The number of nitrogens with one attached hydrogen (secondary N) is 1. The van der Waals surface area contributed by atoms with E-state index in [2.05, 4.69) is 5.32 Å². The molecule has 4 nitrogen and oxygen atoms in total. The number of hydrogen-bond donors (Lipinski definition) is 1. The van der Waals surface area contributed by atoms with E-state index in [1.807, 2.05) is 30.3 Å². The number of aryl methyl sites for hydroxylation is 1. The van der Waals surface area contributed by atoms with Crippen molar-refractivity contribution in [1.82, 2.24) is 0 Å². The number of ether oxygens (including phenoxy) is 1. The Morgan fingerprint density at radius 2 is 1.95 bits per heavy atom. The Morgan fingerprint density at radius 1 is 1.19 bits per heavy atom. The van der Waals surface area contributed by atoms with E-state index in [0.717, 1.165) is 5.56 Å². The monoisotopic (exact) mass is 303 g/mol. The molecule has 0 atom stereocenters. The molecule has 0 aliphatic rings. The summed E-state index contributed by atoms with van der Waals surface area (Å²) < 4.78 is 4.95. The first-order valence-electron chi connectivity index (χ1n) is 6.79. The third kappa shape index (κ3) is 4.43. The van der Waals surface area contributed by atoms with Crippen LogP contribution < -0.4 is 5.32 Å². The summed E-state index contributed by atoms with van der Waals surface area (Å²) in [6.07, 6.45) is 1.05. The molecule has 1 aromatic carbocycles. The molecule has 2 rings (SSSR count). The molecule has 1 N–H and O–H groups in total. The summed E-state index contributed by atoms with van der Waals surface area (Å²) in [5.41, 5.74) is 1.53. The van der Waals surface area contributed by atoms with E-state index in [-0.39, 0.29) is 5.91 Å². The number of rotatable bonds is 6. The van der Waals surface area contributed by atoms with Crippen LogP contribution in [0.5, 0.6) is 0 Å². The summed E-state index contributed by atoms with van der Waals surface area (Å²) in [5.74, 6) is -0.510. The molecule has 0 spiro atoms. The highest BCUT2D eigenvalue weighted by Crippen LogP contribution is 2.24. The van der Waals surface area contributed by atoms with E-state index >= 15 is 0 Å². The van der Waals surface area contributed by atoms with E-state index in [1.165, 1.54) is 11.3 Å². The van der Waals surface area contributed by atoms with Crippen LogP contribution in [0, 0.1) is 0 Å². The lowest BCUT2D eigenvalue weighted by Gasteiger charge is -2.06. The smallest absolute Gasteiger partial charge is 0.341 e. The summed E-state index contributed by atoms with van der Waals surface area (Å²) in [6.45, 7) is 2.07. The molecule has 0 saturated carbocycles. The molecule has 2 aromatic rings. The molecule has 5 heteroatoms. The lowest BCUT2D eigenvalue weighted by molar-refractivity contribution is -0.116. The lowest BCUT2D eigenvalue weighted by Crippen LogP contribution is -2.14. The number of thiophene rings is 1. The zero-order valence-corrected chi connectivity index (χ0v) is 12.6. The van der Waals surface area contributed by atoms with E-state index in [1.54, 1.807) is 18.4 Å². The van der Waals surface area contributed by atoms with Crippen molar-refractivity contribution in [2.45, 2.75) is 19.8 Å². The molecular formula is C16H17NO3S. The lowest BCUT2D eigenvalue weighted by atomic mass is 10.1. The first kappa shape index (κ1) is 15.3. The van der Waals surface area contributed by atoms with Crippen molar-refractivity contribution in [2.75, 3.05) is 11.9 Å². The summed E-state index contributed by atoms with van der Waals surface area (Å²) in [4.78, 5) is 23.7. The highest BCUT2D eigenvalue weighted by atomic mass is 32.1. The van der Waals surface area contributed by atoms with Gasteiger partial charge in [0.15, 0.2) is 0 Å². The van der Waals surface area contributed by atoms with Gasteiger partial charge in [0.05, 0.1) is 12.2 Å². The molecule has 0 bridgehead atoms. The molecule has 1 aromatic heterocycles. The highest BCUT2D eigenvalue weighted by molar-refractivity contribution is 7.14. The minimum absolute atomic E-state index is 0.105. The number of anilines is 1. The number of esters is 1. The van der Waals surface area contributed by atoms with Gasteiger partial charge in [-0.2, -0.15) is 0 Å². The number of amides is 1. The van der Waals surface area contributed by atoms with Gasteiger partial charge in [-0.1, -0.05) is 30.3 Å². The largest absolute Gasteiger partial charge is 0.462 e. The second-order valence-corrected chi connectivity index (χ2v) is 5.33. The van der Waals surface area contributed by atoms with Crippen molar-refractivity contribution in [3.63, 3.8) is 0 Å². The minimum atomic E-state index is -0.405. The van der Waals surface area contributed by atoms with Gasteiger partial charge in [-0.3, -0.25) is 4.79 Å². The van der Waals surface area contributed by atoms with Gasteiger partial charge in [-0.25, -0.2) is 4.79 Å². The van der Waals surface area contributed by atoms with Crippen molar-refractivity contribution in [2.24, 2.45) is 0 Å². The molecule has 21 heavy (non-hydrogen) atoms. The van der Waals surface area contributed by atoms with E-state index < -0.39 is 5.97 Å². The number of benzene rings is 1. The molecule has 0 saturated heterocycles. The fourth-order valence-corrected chi connectivity index (χ4v) is 2.66. The van der Waals surface area contributed by atoms with Gasteiger partial charge in [-0.05, 0) is 30.4 Å². The average molecular weight is 303 g/mol. The Balaban J connectivity index is 1.91. The van der Waals surface area contributed by atoms with Crippen LogP contribution in [-0.2, 0) is 16.0 Å². The van der Waals surface area contributed by atoms with E-state index in [9.17, 15) is 9.59 Å². The summed E-state index contributed by atoms with van der Waals surface area (Å²) in [5, 5.41) is 5.09. The van der Waals surface area contributed by atoms with Crippen LogP contribution in [0.4, 0.5) is 5.00 Å². The van der Waals surface area contributed by atoms with Crippen molar-refractivity contribution < 1.29 is 14.3 Å². The first-order valence-corrected chi connectivity index (χ1v) is 7.67.